The Morgan fingerprint density at radius 2 is 2.00 bits per heavy atom. The molecule has 29 heavy (non-hydrogen) atoms. The van der Waals surface area contributed by atoms with Crippen LogP contribution in [0.15, 0.2) is 30.3 Å². The van der Waals surface area contributed by atoms with Gasteiger partial charge in [-0.15, -0.1) is 11.3 Å². The molecule has 0 saturated carbocycles. The van der Waals surface area contributed by atoms with Crippen LogP contribution in [0.3, 0.4) is 0 Å². The summed E-state index contributed by atoms with van der Waals surface area (Å²) in [7, 11) is 0. The number of rotatable bonds is 8. The minimum Gasteiger partial charge on any atom is -0.365 e. The molecule has 1 aliphatic rings. The van der Waals surface area contributed by atoms with Crippen molar-refractivity contribution < 1.29 is 14.4 Å². The van der Waals surface area contributed by atoms with Crippen molar-refractivity contribution in [1.29, 1.82) is 0 Å². The molecule has 3 N–H and O–H groups in total. The minimum absolute atomic E-state index is 0.00302. The van der Waals surface area contributed by atoms with Crippen molar-refractivity contribution in [2.45, 2.75) is 38.5 Å². The van der Waals surface area contributed by atoms with Gasteiger partial charge in [-0.3, -0.25) is 14.4 Å². The molecule has 6 nitrogen and oxygen atoms in total. The third-order valence-electron chi connectivity index (χ3n) is 4.81. The highest BCUT2D eigenvalue weighted by atomic mass is 32.2. The lowest BCUT2D eigenvalue weighted by molar-refractivity contribution is -0.129. The van der Waals surface area contributed by atoms with Crippen molar-refractivity contribution >= 4 is 45.8 Å². The maximum atomic E-state index is 12.4. The Labute approximate surface area is 178 Å². The number of thiophene rings is 1. The molecule has 154 valence electrons. The van der Waals surface area contributed by atoms with Crippen LogP contribution >= 0.6 is 23.1 Å². The van der Waals surface area contributed by atoms with Crippen LogP contribution in [0.2, 0.25) is 0 Å². The van der Waals surface area contributed by atoms with Crippen LogP contribution in [0.1, 0.15) is 46.1 Å². The maximum absolute atomic E-state index is 12.4. The first-order chi connectivity index (χ1) is 14.0. The van der Waals surface area contributed by atoms with Crippen molar-refractivity contribution in [3.63, 3.8) is 0 Å². The minimum atomic E-state index is -0.535. The second-order valence-electron chi connectivity index (χ2n) is 6.95. The number of carbonyl (C=O) groups is 3. The standard InChI is InChI=1S/C21H25N3O3S2/c1-14(25)24-10-9-16-17(12-24)29-21(19(16)20(22)27)23-18(26)8-5-11-28-13-15-6-3-2-4-7-15/h2-4,6-7H,5,8-13H2,1H3,(H2,22,27)(H,23,26). The Hall–Kier alpha value is -2.32. The zero-order valence-corrected chi connectivity index (χ0v) is 18.0. The predicted octanol–water partition coefficient (Wildman–Crippen LogP) is 3.40. The van der Waals surface area contributed by atoms with Crippen molar-refractivity contribution in [2.75, 3.05) is 17.6 Å². The number of amides is 3. The van der Waals surface area contributed by atoms with Crippen LogP contribution in [-0.2, 0) is 28.3 Å². The van der Waals surface area contributed by atoms with Gasteiger partial charge in [0.1, 0.15) is 5.00 Å². The van der Waals surface area contributed by atoms with Crippen LogP contribution in [0.5, 0.6) is 0 Å². The molecule has 8 heteroatoms. The third-order valence-corrected chi connectivity index (χ3v) is 7.05. The first-order valence-electron chi connectivity index (χ1n) is 9.57. The van der Waals surface area contributed by atoms with Crippen molar-refractivity contribution in [2.24, 2.45) is 5.73 Å². The number of carbonyl (C=O) groups excluding carboxylic acids is 3. The summed E-state index contributed by atoms with van der Waals surface area (Å²) in [4.78, 5) is 38.7. The number of primary amides is 1. The smallest absolute Gasteiger partial charge is 0.251 e. The SMILES string of the molecule is CC(=O)N1CCc2c(sc(NC(=O)CCCSCc3ccccc3)c2C(N)=O)C1. The summed E-state index contributed by atoms with van der Waals surface area (Å²) >= 11 is 3.15. The van der Waals surface area contributed by atoms with Crippen LogP contribution < -0.4 is 11.1 Å². The monoisotopic (exact) mass is 431 g/mol. The van der Waals surface area contributed by atoms with Gasteiger partial charge >= 0.3 is 0 Å². The fourth-order valence-corrected chi connectivity index (χ4v) is 5.51. The third kappa shape index (κ3) is 5.61. The summed E-state index contributed by atoms with van der Waals surface area (Å²) in [6, 6.07) is 10.2. The number of thioether (sulfide) groups is 1. The average molecular weight is 432 g/mol. The van der Waals surface area contributed by atoms with Crippen molar-refractivity contribution in [1.82, 2.24) is 4.90 Å². The first-order valence-corrected chi connectivity index (χ1v) is 11.5. The second kappa shape index (κ2) is 9.93. The number of anilines is 1. The zero-order valence-electron chi connectivity index (χ0n) is 16.4. The van der Waals surface area contributed by atoms with Gasteiger partial charge in [-0.1, -0.05) is 30.3 Å². The van der Waals surface area contributed by atoms with Crippen molar-refractivity contribution in [3.8, 4) is 0 Å². The Morgan fingerprint density at radius 3 is 2.69 bits per heavy atom. The van der Waals surface area contributed by atoms with Gasteiger partial charge in [0, 0.05) is 30.5 Å². The van der Waals surface area contributed by atoms with Gasteiger partial charge < -0.3 is 16.0 Å². The molecule has 3 rings (SSSR count). The number of nitrogens with one attached hydrogen (secondary N) is 1. The summed E-state index contributed by atoms with van der Waals surface area (Å²) in [5, 5.41) is 3.38. The van der Waals surface area contributed by atoms with E-state index in [2.05, 4.69) is 17.4 Å². The van der Waals surface area contributed by atoms with Crippen LogP contribution in [0, 0.1) is 0 Å². The van der Waals surface area contributed by atoms with E-state index in [-0.39, 0.29) is 11.8 Å². The number of nitrogens with zero attached hydrogens (tertiary/aromatic N) is 1. The Kier molecular flexibility index (Phi) is 7.33. The molecule has 0 aliphatic carbocycles. The summed E-state index contributed by atoms with van der Waals surface area (Å²) < 4.78 is 0. The highest BCUT2D eigenvalue weighted by molar-refractivity contribution is 7.98. The number of benzene rings is 1. The summed E-state index contributed by atoms with van der Waals surface area (Å²) in [6.07, 6.45) is 1.73. The molecule has 0 saturated heterocycles. The van der Waals surface area contributed by atoms with E-state index in [0.29, 0.717) is 36.5 Å². The average Bonchev–Trinajstić information content (AvgIpc) is 3.05. The van der Waals surface area contributed by atoms with Gasteiger partial charge in [0.15, 0.2) is 0 Å². The van der Waals surface area contributed by atoms with Crippen molar-refractivity contribution in [3.05, 3.63) is 51.9 Å². The molecule has 2 heterocycles. The largest absolute Gasteiger partial charge is 0.365 e. The Bertz CT molecular complexity index is 896. The lowest BCUT2D eigenvalue weighted by Gasteiger charge is -2.25. The number of hydrogen-bond acceptors (Lipinski definition) is 5. The summed E-state index contributed by atoms with van der Waals surface area (Å²) in [6.45, 7) is 2.55. The number of fused-ring (bicyclic) bond motifs is 1. The first kappa shape index (κ1) is 21.4. The molecule has 0 atom stereocenters. The van der Waals surface area contributed by atoms with E-state index in [4.69, 9.17) is 5.73 Å². The molecule has 3 amide bonds. The van der Waals surface area contributed by atoms with Gasteiger partial charge in [0.05, 0.1) is 12.1 Å². The molecule has 1 aromatic carbocycles. The molecule has 0 radical (unpaired) electrons. The topological polar surface area (TPSA) is 92.5 Å². The fraction of sp³-hybridized carbons (Fsp3) is 0.381. The highest BCUT2D eigenvalue weighted by Gasteiger charge is 2.28. The molecular formula is C21H25N3O3S2. The maximum Gasteiger partial charge on any atom is 0.251 e. The van der Waals surface area contributed by atoms with Gasteiger partial charge in [0.2, 0.25) is 11.8 Å². The highest BCUT2D eigenvalue weighted by Crippen LogP contribution is 2.37. The van der Waals surface area contributed by atoms with Crippen LogP contribution in [-0.4, -0.2) is 34.9 Å². The molecule has 1 aromatic heterocycles. The van der Waals surface area contributed by atoms with Gasteiger partial charge in [0.25, 0.3) is 5.91 Å². The zero-order chi connectivity index (χ0) is 20.8. The molecule has 0 fully saturated rings. The summed E-state index contributed by atoms with van der Waals surface area (Å²) in [5.41, 5.74) is 8.13. The molecule has 0 spiro atoms. The van der Waals surface area contributed by atoms with E-state index in [1.54, 1.807) is 16.7 Å². The Morgan fingerprint density at radius 1 is 1.24 bits per heavy atom. The van der Waals surface area contributed by atoms with E-state index in [1.165, 1.54) is 23.8 Å². The van der Waals surface area contributed by atoms with E-state index in [0.717, 1.165) is 28.4 Å². The molecule has 1 aliphatic heterocycles. The summed E-state index contributed by atoms with van der Waals surface area (Å²) in [5.74, 6) is 1.17. The molecular weight excluding hydrogens is 406 g/mol. The normalized spacial score (nSPS) is 13.1. The fourth-order valence-electron chi connectivity index (χ4n) is 3.31. The second-order valence-corrected chi connectivity index (χ2v) is 9.16. The number of nitrogens with two attached hydrogens (primary N) is 1. The molecule has 2 aromatic rings. The van der Waals surface area contributed by atoms with E-state index >= 15 is 0 Å². The van der Waals surface area contributed by atoms with Gasteiger partial charge in [-0.05, 0) is 29.7 Å². The van der Waals surface area contributed by atoms with Gasteiger partial charge in [-0.25, -0.2) is 0 Å². The Balaban J connectivity index is 1.53. The predicted molar refractivity (Wildman–Crippen MR) is 118 cm³/mol. The van der Waals surface area contributed by atoms with E-state index in [9.17, 15) is 14.4 Å². The quantitative estimate of drug-likeness (QED) is 0.627. The van der Waals surface area contributed by atoms with Crippen LogP contribution in [0.25, 0.3) is 0 Å². The van der Waals surface area contributed by atoms with E-state index < -0.39 is 5.91 Å². The lowest BCUT2D eigenvalue weighted by Crippen LogP contribution is -2.34. The number of hydrogen-bond donors (Lipinski definition) is 2. The van der Waals surface area contributed by atoms with Crippen LogP contribution in [0.4, 0.5) is 5.00 Å². The van der Waals surface area contributed by atoms with Gasteiger partial charge in [-0.2, -0.15) is 11.8 Å². The lowest BCUT2D eigenvalue weighted by atomic mass is 10.0. The van der Waals surface area contributed by atoms with E-state index in [1.807, 2.05) is 18.2 Å². The molecule has 0 bridgehead atoms. The molecule has 0 unspecified atom stereocenters.